The molecule has 0 fully saturated rings. The lowest BCUT2D eigenvalue weighted by atomic mass is 10.3. The number of fused-ring (bicyclic) bond motifs is 1. The van der Waals surface area contributed by atoms with Crippen LogP contribution in [0.1, 0.15) is 18.4 Å². The molecule has 2 heterocycles. The van der Waals surface area contributed by atoms with Crippen LogP contribution in [-0.2, 0) is 17.9 Å². The van der Waals surface area contributed by atoms with Gasteiger partial charge in [0, 0.05) is 26.2 Å². The van der Waals surface area contributed by atoms with Crippen molar-refractivity contribution < 1.29 is 4.79 Å². The Morgan fingerprint density at radius 2 is 2.31 bits per heavy atom. The van der Waals surface area contributed by atoms with Crippen LogP contribution in [0.4, 0.5) is 0 Å². The van der Waals surface area contributed by atoms with Gasteiger partial charge in [-0.05, 0) is 6.92 Å². The molecule has 1 aliphatic heterocycles. The zero-order valence-electron chi connectivity index (χ0n) is 7.95. The fourth-order valence-corrected chi connectivity index (χ4v) is 1.66. The Kier molecular flexibility index (Phi) is 1.83. The molecule has 1 aromatic rings. The van der Waals surface area contributed by atoms with Crippen LogP contribution < -0.4 is 0 Å². The first-order valence-electron chi connectivity index (χ1n) is 4.45. The average Bonchev–Trinajstić information content (AvgIpc) is 2.42. The van der Waals surface area contributed by atoms with E-state index < -0.39 is 0 Å². The number of hydrogen-bond acceptors (Lipinski definition) is 2. The number of imidazole rings is 1. The third-order valence-electron chi connectivity index (χ3n) is 2.37. The second kappa shape index (κ2) is 2.87. The minimum absolute atomic E-state index is 0.131. The molecule has 70 valence electrons. The van der Waals surface area contributed by atoms with Gasteiger partial charge in [0.05, 0.1) is 12.2 Å². The molecule has 0 bridgehead atoms. The molecule has 0 saturated heterocycles. The van der Waals surface area contributed by atoms with E-state index in [9.17, 15) is 4.79 Å². The molecule has 2 rings (SSSR count). The number of carbonyl (C=O) groups is 1. The summed E-state index contributed by atoms with van der Waals surface area (Å²) in [6.07, 6.45) is 2.03. The lowest BCUT2D eigenvalue weighted by Crippen LogP contribution is -2.36. The van der Waals surface area contributed by atoms with Crippen LogP contribution in [0.3, 0.4) is 0 Å². The van der Waals surface area contributed by atoms with Crippen molar-refractivity contribution in [3.63, 3.8) is 0 Å². The van der Waals surface area contributed by atoms with Crippen LogP contribution in [0.5, 0.6) is 0 Å². The summed E-state index contributed by atoms with van der Waals surface area (Å²) < 4.78 is 2.12. The second-order valence-corrected chi connectivity index (χ2v) is 3.43. The monoisotopic (exact) mass is 179 g/mol. The molecule has 0 spiro atoms. The molecule has 4 nitrogen and oxygen atoms in total. The van der Waals surface area contributed by atoms with Gasteiger partial charge in [-0.3, -0.25) is 4.79 Å². The highest BCUT2D eigenvalue weighted by Gasteiger charge is 2.18. The van der Waals surface area contributed by atoms with E-state index in [1.165, 1.54) is 0 Å². The number of hydrogen-bond donors (Lipinski definition) is 0. The van der Waals surface area contributed by atoms with Gasteiger partial charge in [0.1, 0.15) is 5.82 Å². The molecule has 0 aliphatic carbocycles. The normalized spacial score (nSPS) is 15.7. The van der Waals surface area contributed by atoms with Gasteiger partial charge in [-0.1, -0.05) is 0 Å². The molecule has 0 aromatic carbocycles. The lowest BCUT2D eigenvalue weighted by molar-refractivity contribution is -0.130. The van der Waals surface area contributed by atoms with Gasteiger partial charge in [0.2, 0.25) is 5.91 Å². The number of rotatable bonds is 0. The van der Waals surface area contributed by atoms with Crippen LogP contribution in [0.25, 0.3) is 0 Å². The predicted octanol–water partition coefficient (Wildman–Crippen LogP) is 0.554. The van der Waals surface area contributed by atoms with Crippen molar-refractivity contribution in [2.45, 2.75) is 26.9 Å². The number of nitrogens with zero attached hydrogens (tertiary/aromatic N) is 3. The standard InChI is InChI=1S/C9H13N3O/c1-7-5-12-4-3-11(8(2)13)6-9(12)10-7/h5H,3-4,6H2,1-2H3. The molecule has 0 saturated carbocycles. The number of aromatic nitrogens is 2. The highest BCUT2D eigenvalue weighted by molar-refractivity contribution is 5.73. The molecule has 4 heteroatoms. The molecule has 0 atom stereocenters. The zero-order valence-corrected chi connectivity index (χ0v) is 7.95. The molecule has 0 radical (unpaired) electrons. The van der Waals surface area contributed by atoms with E-state index in [-0.39, 0.29) is 5.91 Å². The number of aryl methyl sites for hydroxylation is 1. The van der Waals surface area contributed by atoms with Crippen LogP contribution in [-0.4, -0.2) is 26.9 Å². The zero-order chi connectivity index (χ0) is 9.42. The topological polar surface area (TPSA) is 38.1 Å². The molecular weight excluding hydrogens is 166 g/mol. The highest BCUT2D eigenvalue weighted by Crippen LogP contribution is 2.11. The Morgan fingerprint density at radius 1 is 1.54 bits per heavy atom. The Hall–Kier alpha value is -1.32. The van der Waals surface area contributed by atoms with E-state index in [1.807, 2.05) is 18.0 Å². The largest absolute Gasteiger partial charge is 0.334 e. The third kappa shape index (κ3) is 1.43. The Bertz CT molecular complexity index is 343. The predicted molar refractivity (Wildman–Crippen MR) is 48.1 cm³/mol. The quantitative estimate of drug-likeness (QED) is 0.583. The van der Waals surface area contributed by atoms with Crippen molar-refractivity contribution in [3.05, 3.63) is 17.7 Å². The number of carbonyl (C=O) groups excluding carboxylic acids is 1. The van der Waals surface area contributed by atoms with Crippen molar-refractivity contribution in [2.75, 3.05) is 6.54 Å². The minimum Gasteiger partial charge on any atom is -0.334 e. The second-order valence-electron chi connectivity index (χ2n) is 3.43. The maximum absolute atomic E-state index is 11.1. The molecule has 13 heavy (non-hydrogen) atoms. The van der Waals surface area contributed by atoms with Gasteiger partial charge in [-0.2, -0.15) is 0 Å². The summed E-state index contributed by atoms with van der Waals surface area (Å²) >= 11 is 0. The van der Waals surface area contributed by atoms with Gasteiger partial charge >= 0.3 is 0 Å². The SMILES string of the molecule is CC(=O)N1CCn2cc(C)nc2C1. The van der Waals surface area contributed by atoms with Crippen molar-refractivity contribution in [2.24, 2.45) is 0 Å². The Morgan fingerprint density at radius 3 is 3.00 bits per heavy atom. The Balaban J connectivity index is 2.24. The Labute approximate surface area is 77.2 Å². The van der Waals surface area contributed by atoms with Crippen LogP contribution in [0.15, 0.2) is 6.20 Å². The average molecular weight is 179 g/mol. The van der Waals surface area contributed by atoms with E-state index in [4.69, 9.17) is 0 Å². The summed E-state index contributed by atoms with van der Waals surface area (Å²) in [5.74, 6) is 1.13. The summed E-state index contributed by atoms with van der Waals surface area (Å²) in [4.78, 5) is 17.3. The van der Waals surface area contributed by atoms with E-state index in [0.717, 1.165) is 24.6 Å². The van der Waals surface area contributed by atoms with Gasteiger partial charge in [-0.25, -0.2) is 4.98 Å². The minimum atomic E-state index is 0.131. The van der Waals surface area contributed by atoms with E-state index in [2.05, 4.69) is 9.55 Å². The summed E-state index contributed by atoms with van der Waals surface area (Å²) in [5.41, 5.74) is 1.03. The first-order chi connectivity index (χ1) is 6.16. The first-order valence-corrected chi connectivity index (χ1v) is 4.45. The molecule has 1 aliphatic rings. The van der Waals surface area contributed by atoms with Crippen LogP contribution >= 0.6 is 0 Å². The van der Waals surface area contributed by atoms with Gasteiger partial charge in [0.25, 0.3) is 0 Å². The van der Waals surface area contributed by atoms with E-state index in [1.54, 1.807) is 6.92 Å². The van der Waals surface area contributed by atoms with Crippen molar-refractivity contribution in [3.8, 4) is 0 Å². The van der Waals surface area contributed by atoms with Crippen molar-refractivity contribution in [1.82, 2.24) is 14.5 Å². The van der Waals surface area contributed by atoms with Gasteiger partial charge in [0.15, 0.2) is 0 Å². The highest BCUT2D eigenvalue weighted by atomic mass is 16.2. The molecule has 1 amide bonds. The fraction of sp³-hybridized carbons (Fsp3) is 0.556. The van der Waals surface area contributed by atoms with E-state index in [0.29, 0.717) is 6.54 Å². The summed E-state index contributed by atoms with van der Waals surface area (Å²) in [6, 6.07) is 0. The first kappa shape index (κ1) is 8.29. The number of amides is 1. The summed E-state index contributed by atoms with van der Waals surface area (Å²) in [7, 11) is 0. The van der Waals surface area contributed by atoms with Crippen molar-refractivity contribution in [1.29, 1.82) is 0 Å². The lowest BCUT2D eigenvalue weighted by Gasteiger charge is -2.26. The molecular formula is C9H13N3O. The molecule has 0 unspecified atom stereocenters. The maximum atomic E-state index is 11.1. The van der Waals surface area contributed by atoms with Crippen LogP contribution in [0.2, 0.25) is 0 Å². The molecule has 1 aromatic heterocycles. The smallest absolute Gasteiger partial charge is 0.219 e. The van der Waals surface area contributed by atoms with Gasteiger partial charge in [-0.15, -0.1) is 0 Å². The fourth-order valence-electron chi connectivity index (χ4n) is 1.66. The summed E-state index contributed by atoms with van der Waals surface area (Å²) in [5, 5.41) is 0. The van der Waals surface area contributed by atoms with E-state index >= 15 is 0 Å². The maximum Gasteiger partial charge on any atom is 0.219 e. The van der Waals surface area contributed by atoms with Crippen LogP contribution in [0, 0.1) is 6.92 Å². The van der Waals surface area contributed by atoms with Crippen molar-refractivity contribution >= 4 is 5.91 Å². The molecule has 0 N–H and O–H groups in total. The summed E-state index contributed by atoms with van der Waals surface area (Å²) in [6.45, 7) is 5.91. The van der Waals surface area contributed by atoms with Gasteiger partial charge < -0.3 is 9.47 Å². The third-order valence-corrected chi connectivity index (χ3v) is 2.37.